The number of amides is 1. The maximum atomic E-state index is 12.1. The number of alkyl halides is 3. The molecule has 1 amide bonds. The number of benzene rings is 1. The van der Waals surface area contributed by atoms with Crippen molar-refractivity contribution in [3.05, 3.63) is 29.3 Å². The van der Waals surface area contributed by atoms with Crippen LogP contribution in [0.5, 0.6) is 5.75 Å². The average Bonchev–Trinajstić information content (AvgIpc) is 2.57. The van der Waals surface area contributed by atoms with E-state index in [0.717, 1.165) is 19.3 Å². The van der Waals surface area contributed by atoms with Crippen LogP contribution in [0.2, 0.25) is 5.02 Å². The van der Waals surface area contributed by atoms with Crippen molar-refractivity contribution in [2.75, 3.05) is 13.2 Å². The maximum Gasteiger partial charge on any atom is 0.522 e. The third-order valence-corrected chi connectivity index (χ3v) is 6.36. The molecule has 0 unspecified atom stereocenters. The highest BCUT2D eigenvalue weighted by Crippen LogP contribution is 2.60. The van der Waals surface area contributed by atoms with Crippen molar-refractivity contribution in [1.29, 1.82) is 0 Å². The molecule has 4 fully saturated rings. The molecule has 164 valence electrons. The first-order valence-corrected chi connectivity index (χ1v) is 10.1. The normalized spacial score (nSPS) is 31.7. The van der Waals surface area contributed by atoms with Gasteiger partial charge in [0.05, 0.1) is 12.6 Å². The fraction of sp³-hybridized carbons (Fsp3) is 0.600. The summed E-state index contributed by atoms with van der Waals surface area (Å²) in [6.07, 6.45) is -3.16. The van der Waals surface area contributed by atoms with Gasteiger partial charge in [0, 0.05) is 22.0 Å². The minimum absolute atomic E-state index is 0.0869. The van der Waals surface area contributed by atoms with Crippen molar-refractivity contribution < 1.29 is 32.2 Å². The van der Waals surface area contributed by atoms with Crippen LogP contribution in [0.3, 0.4) is 0 Å². The third-order valence-electron chi connectivity index (χ3n) is 6.11. The number of carbonyl (C=O) groups excluding carboxylic acids is 2. The summed E-state index contributed by atoms with van der Waals surface area (Å²) in [4.78, 5) is 24.3. The van der Waals surface area contributed by atoms with Crippen molar-refractivity contribution in [2.45, 2.75) is 55.6 Å². The summed E-state index contributed by atoms with van der Waals surface area (Å²) in [6.45, 7) is 0.0399. The second-order valence-electron chi connectivity index (χ2n) is 8.56. The van der Waals surface area contributed by atoms with Gasteiger partial charge < -0.3 is 15.4 Å². The number of Topliss-reactive ketones (excluding diaryl/α,β-unsaturated/α-hetero) is 1. The number of rotatable bonds is 9. The summed E-state index contributed by atoms with van der Waals surface area (Å²) in [5.41, 5.74) is -0.413. The molecule has 2 bridgehead atoms. The molecular weight excluding hydrogens is 425 g/mol. The number of halogens is 4. The minimum Gasteiger partial charge on any atom is -0.484 e. The van der Waals surface area contributed by atoms with E-state index in [4.69, 9.17) is 16.3 Å². The molecule has 5 rings (SSSR count). The summed E-state index contributed by atoms with van der Waals surface area (Å²) in [5, 5.41) is 6.80. The maximum absolute atomic E-state index is 12.1. The van der Waals surface area contributed by atoms with Crippen LogP contribution in [0, 0.1) is 5.92 Å². The lowest BCUT2D eigenvalue weighted by Crippen LogP contribution is -2.83. The predicted octanol–water partition coefficient (Wildman–Crippen LogP) is 2.98. The summed E-state index contributed by atoms with van der Waals surface area (Å²) in [5.74, 6) is -0.116. The van der Waals surface area contributed by atoms with E-state index in [-0.39, 0.29) is 54.7 Å². The van der Waals surface area contributed by atoms with Crippen LogP contribution in [0.4, 0.5) is 13.2 Å². The van der Waals surface area contributed by atoms with E-state index in [1.54, 1.807) is 24.3 Å². The SMILES string of the molecule is O=C(COc1ccc(Cl)cc1)NC12CC(NCC(=O)C3CC(OC(F)(F)F)C3)(C1)C2. The Hall–Kier alpha value is -1.84. The van der Waals surface area contributed by atoms with Gasteiger partial charge in [0.2, 0.25) is 0 Å². The van der Waals surface area contributed by atoms with Gasteiger partial charge in [0.1, 0.15) is 11.5 Å². The fourth-order valence-corrected chi connectivity index (χ4v) is 4.78. The molecule has 1 aromatic rings. The fourth-order valence-electron chi connectivity index (χ4n) is 4.65. The summed E-state index contributed by atoms with van der Waals surface area (Å²) in [6, 6.07) is 6.73. The highest BCUT2D eigenvalue weighted by atomic mass is 35.5. The van der Waals surface area contributed by atoms with Crippen molar-refractivity contribution in [3.8, 4) is 5.75 Å². The average molecular weight is 447 g/mol. The number of carbonyl (C=O) groups is 2. The van der Waals surface area contributed by atoms with Crippen LogP contribution in [-0.4, -0.2) is 48.4 Å². The standard InChI is InChI=1S/C20H22ClF3N2O4/c21-13-1-3-14(4-2-13)29-8-17(28)26-19-9-18(10-19,11-19)25-7-16(27)12-5-15(6-12)30-20(22,23)24/h1-4,12,15,25H,5-11H2,(H,26,28). The van der Waals surface area contributed by atoms with Gasteiger partial charge in [-0.05, 0) is 56.4 Å². The lowest BCUT2D eigenvalue weighted by molar-refractivity contribution is -0.353. The van der Waals surface area contributed by atoms with E-state index in [2.05, 4.69) is 15.4 Å². The molecule has 10 heteroatoms. The van der Waals surface area contributed by atoms with Gasteiger partial charge in [0.15, 0.2) is 6.61 Å². The van der Waals surface area contributed by atoms with Gasteiger partial charge in [-0.1, -0.05) is 11.6 Å². The first kappa shape index (κ1) is 21.4. The Kier molecular flexibility index (Phi) is 5.48. The van der Waals surface area contributed by atoms with Crippen molar-refractivity contribution in [3.63, 3.8) is 0 Å². The van der Waals surface area contributed by atoms with E-state index in [9.17, 15) is 22.8 Å². The van der Waals surface area contributed by atoms with Crippen LogP contribution in [0.25, 0.3) is 0 Å². The zero-order chi connectivity index (χ0) is 21.6. The van der Waals surface area contributed by atoms with Crippen molar-refractivity contribution in [1.82, 2.24) is 10.6 Å². The van der Waals surface area contributed by atoms with E-state index >= 15 is 0 Å². The van der Waals surface area contributed by atoms with Gasteiger partial charge >= 0.3 is 6.36 Å². The monoisotopic (exact) mass is 446 g/mol. The topological polar surface area (TPSA) is 76.7 Å². The Morgan fingerprint density at radius 2 is 1.73 bits per heavy atom. The molecular formula is C20H22ClF3N2O4. The number of ether oxygens (including phenoxy) is 2. The lowest BCUT2D eigenvalue weighted by Gasteiger charge is -2.70. The molecule has 0 heterocycles. The van der Waals surface area contributed by atoms with Gasteiger partial charge in [-0.25, -0.2) is 0 Å². The third kappa shape index (κ3) is 4.73. The second-order valence-corrected chi connectivity index (χ2v) is 8.99. The molecule has 0 aromatic heterocycles. The smallest absolute Gasteiger partial charge is 0.484 e. The number of ketones is 1. The first-order chi connectivity index (χ1) is 14.1. The van der Waals surface area contributed by atoms with Crippen LogP contribution in [0.15, 0.2) is 24.3 Å². The first-order valence-electron chi connectivity index (χ1n) is 9.77. The Morgan fingerprint density at radius 1 is 1.10 bits per heavy atom. The predicted molar refractivity (Wildman–Crippen MR) is 101 cm³/mol. The quantitative estimate of drug-likeness (QED) is 0.610. The largest absolute Gasteiger partial charge is 0.522 e. The van der Waals surface area contributed by atoms with Crippen LogP contribution in [-0.2, 0) is 14.3 Å². The van der Waals surface area contributed by atoms with E-state index < -0.39 is 12.5 Å². The second kappa shape index (κ2) is 7.69. The zero-order valence-corrected chi connectivity index (χ0v) is 16.8. The molecule has 1 aromatic carbocycles. The van der Waals surface area contributed by atoms with Gasteiger partial charge in [-0.3, -0.25) is 14.3 Å². The Morgan fingerprint density at radius 3 is 2.33 bits per heavy atom. The molecule has 4 saturated carbocycles. The van der Waals surface area contributed by atoms with Crippen LogP contribution < -0.4 is 15.4 Å². The minimum atomic E-state index is -4.65. The molecule has 6 nitrogen and oxygen atoms in total. The van der Waals surface area contributed by atoms with Gasteiger partial charge in [-0.15, -0.1) is 13.2 Å². The number of nitrogens with one attached hydrogen (secondary N) is 2. The molecule has 0 atom stereocenters. The Balaban J connectivity index is 1.11. The molecule has 0 saturated heterocycles. The van der Waals surface area contributed by atoms with E-state index in [0.29, 0.717) is 10.8 Å². The zero-order valence-electron chi connectivity index (χ0n) is 16.1. The highest BCUT2D eigenvalue weighted by Gasteiger charge is 2.68. The summed E-state index contributed by atoms with van der Waals surface area (Å²) in [7, 11) is 0. The van der Waals surface area contributed by atoms with Crippen LogP contribution in [0.1, 0.15) is 32.1 Å². The summed E-state index contributed by atoms with van der Waals surface area (Å²) < 4.78 is 45.7. The highest BCUT2D eigenvalue weighted by molar-refractivity contribution is 6.30. The Labute approximate surface area is 176 Å². The molecule has 0 aliphatic heterocycles. The van der Waals surface area contributed by atoms with Crippen molar-refractivity contribution in [2.24, 2.45) is 5.92 Å². The van der Waals surface area contributed by atoms with E-state index in [1.807, 2.05) is 0 Å². The number of hydrogen-bond acceptors (Lipinski definition) is 5. The van der Waals surface area contributed by atoms with Gasteiger partial charge in [0.25, 0.3) is 5.91 Å². The molecule has 0 radical (unpaired) electrons. The Bertz CT molecular complexity index is 805. The molecule has 0 spiro atoms. The van der Waals surface area contributed by atoms with Gasteiger partial charge in [-0.2, -0.15) is 0 Å². The molecule has 2 N–H and O–H groups in total. The summed E-state index contributed by atoms with van der Waals surface area (Å²) >= 11 is 5.80. The lowest BCUT2D eigenvalue weighted by atomic mass is 9.44. The van der Waals surface area contributed by atoms with E-state index in [1.165, 1.54) is 0 Å². The van der Waals surface area contributed by atoms with Crippen LogP contribution >= 0.6 is 11.6 Å². The molecule has 4 aliphatic rings. The van der Waals surface area contributed by atoms with Crippen molar-refractivity contribution >= 4 is 23.3 Å². The number of hydrogen-bond donors (Lipinski definition) is 2. The molecule has 4 aliphatic carbocycles. The molecule has 30 heavy (non-hydrogen) atoms.